The molecule has 6 aromatic rings. The third-order valence-corrected chi connectivity index (χ3v) is 14.4. The molecule has 0 N–H and O–H groups in total. The van der Waals surface area contributed by atoms with Crippen LogP contribution in [0.25, 0.3) is 43.6 Å². The highest BCUT2D eigenvalue weighted by Gasteiger charge is 2.63. The van der Waals surface area contributed by atoms with Crippen molar-refractivity contribution in [2.75, 3.05) is 0 Å². The van der Waals surface area contributed by atoms with E-state index in [0.717, 1.165) is 23.0 Å². The van der Waals surface area contributed by atoms with Crippen molar-refractivity contribution in [1.29, 1.82) is 0 Å². The topological polar surface area (TPSA) is 65.2 Å². The van der Waals surface area contributed by atoms with E-state index in [1.54, 1.807) is 0 Å². The Kier molecular flexibility index (Phi) is 12.6. The third kappa shape index (κ3) is 8.84. The van der Waals surface area contributed by atoms with Crippen molar-refractivity contribution in [3.63, 3.8) is 0 Å². The fraction of sp³-hybridized carbons (Fsp3) is 0.520. The Balaban J connectivity index is 0.000000144. The Morgan fingerprint density at radius 1 is 0.435 bits per heavy atom. The van der Waals surface area contributed by atoms with Crippen LogP contribution in [0.1, 0.15) is 111 Å². The Bertz CT molecular complexity index is 2490. The summed E-state index contributed by atoms with van der Waals surface area (Å²) in [5, 5.41) is 5.24. The summed E-state index contributed by atoms with van der Waals surface area (Å²) >= 11 is 3.57. The van der Waals surface area contributed by atoms with Gasteiger partial charge in [-0.15, -0.1) is 0 Å². The van der Waals surface area contributed by atoms with Gasteiger partial charge in [-0.05, 0) is 137 Å². The van der Waals surface area contributed by atoms with Crippen LogP contribution >= 0.6 is 15.9 Å². The summed E-state index contributed by atoms with van der Waals surface area (Å²) in [5.41, 5.74) is 4.24. The number of aromatic nitrogens is 2. The number of nitrogens with zero attached hydrogens (tertiary/aromatic N) is 2. The smallest absolute Gasteiger partial charge is 0.405 e. The molecule has 3 fully saturated rings. The van der Waals surface area contributed by atoms with Crippen molar-refractivity contribution in [2.45, 2.75) is 157 Å². The summed E-state index contributed by atoms with van der Waals surface area (Å²) in [6.45, 7) is 35.7. The van der Waals surface area contributed by atoms with E-state index in [1.807, 2.05) is 55.4 Å². The number of hydrogen-bond acceptors (Lipinski definition) is 6. The molecule has 0 saturated carbocycles. The molecule has 62 heavy (non-hydrogen) atoms. The van der Waals surface area contributed by atoms with Crippen LogP contribution in [0.5, 0.6) is 0 Å². The molecule has 12 heteroatoms. The number of benzene rings is 4. The maximum atomic E-state index is 6.25. The standard InChI is InChI=1S/C22H28BNO2.C16H16BrN.C12H24B2O4/c1-15(2)14-24-19-10-8-7-9-17(19)18-13-16(11-12-20(18)24)23-25-21(3,4)22(5,6)26-23;1-11(2)10-18-15-6-4-3-5-13(15)14-9-12(17)7-8-16(14)18;1-9(2)10(3,4)16-13(15-9)14-17-11(5,6)12(7,8)18-14/h7-13,15H,14H2,1-6H3;3-9,11H,10H2,1-2H3;1-8H3. The van der Waals surface area contributed by atoms with E-state index >= 15 is 0 Å². The molecule has 0 bridgehead atoms. The highest BCUT2D eigenvalue weighted by Crippen LogP contribution is 2.43. The lowest BCUT2D eigenvalue weighted by atomic mass is 9.49. The number of para-hydroxylation sites is 2. The van der Waals surface area contributed by atoms with Crippen LogP contribution in [0, 0.1) is 11.8 Å². The van der Waals surface area contributed by atoms with Crippen LogP contribution in [0.4, 0.5) is 0 Å². The van der Waals surface area contributed by atoms with Crippen LogP contribution in [-0.4, -0.2) is 63.9 Å². The molecule has 3 saturated heterocycles. The molecule has 0 atom stereocenters. The van der Waals surface area contributed by atoms with Crippen molar-refractivity contribution >= 4 is 86.1 Å². The van der Waals surface area contributed by atoms with Crippen molar-refractivity contribution < 1.29 is 27.9 Å². The van der Waals surface area contributed by atoms with E-state index in [1.165, 1.54) is 43.6 Å². The highest BCUT2D eigenvalue weighted by molar-refractivity contribution is 9.10. The molecular formula is C50H68B3BrN2O6. The van der Waals surface area contributed by atoms with Gasteiger partial charge in [0.1, 0.15) is 0 Å². The average molecular weight is 905 g/mol. The maximum absolute atomic E-state index is 6.25. The van der Waals surface area contributed by atoms with Gasteiger partial charge in [0.15, 0.2) is 0 Å². The summed E-state index contributed by atoms with van der Waals surface area (Å²) in [6, 6.07) is 30.5. The molecule has 2 aromatic heterocycles. The molecule has 0 aliphatic carbocycles. The van der Waals surface area contributed by atoms with Gasteiger partial charge in [-0.25, -0.2) is 0 Å². The molecule has 3 aliphatic heterocycles. The normalized spacial score (nSPS) is 20.7. The summed E-state index contributed by atoms with van der Waals surface area (Å²) < 4.78 is 42.4. The van der Waals surface area contributed by atoms with Gasteiger partial charge in [-0.2, -0.15) is 0 Å². The first-order valence-electron chi connectivity index (χ1n) is 22.5. The van der Waals surface area contributed by atoms with E-state index < -0.39 is 14.0 Å². The number of fused-ring (bicyclic) bond motifs is 6. The minimum atomic E-state index is -0.476. The van der Waals surface area contributed by atoms with E-state index in [4.69, 9.17) is 27.9 Å². The van der Waals surface area contributed by atoms with Gasteiger partial charge in [-0.1, -0.05) is 92.2 Å². The van der Waals surface area contributed by atoms with Gasteiger partial charge in [0.2, 0.25) is 0 Å². The highest BCUT2D eigenvalue weighted by atomic mass is 79.9. The van der Waals surface area contributed by atoms with Crippen molar-refractivity contribution in [3.8, 4) is 0 Å². The summed E-state index contributed by atoms with van der Waals surface area (Å²) in [6.07, 6.45) is 0. The van der Waals surface area contributed by atoms with E-state index in [2.05, 4.69) is 165 Å². The first-order chi connectivity index (χ1) is 28.7. The number of hydrogen-bond donors (Lipinski definition) is 0. The number of rotatable bonds is 6. The molecule has 8 nitrogen and oxygen atoms in total. The lowest BCUT2D eigenvalue weighted by molar-refractivity contribution is 0.00578. The SMILES string of the molecule is CC(C)Cn1c2ccccc2c2cc(B3OC(C)(C)C(C)(C)O3)ccc21.CC(C)Cn1c2ccccc2c2cc(Br)ccc21.CC1(C)OB(B2OC(C)(C)C(C)(C)O2)OC1(C)C. The van der Waals surface area contributed by atoms with Gasteiger partial charge in [-0.3, -0.25) is 0 Å². The molecule has 0 amide bonds. The Morgan fingerprint density at radius 3 is 1.18 bits per heavy atom. The second-order valence-electron chi connectivity index (χ2n) is 21.3. The maximum Gasteiger partial charge on any atom is 0.494 e. The molecule has 0 spiro atoms. The minimum Gasteiger partial charge on any atom is -0.405 e. The first-order valence-corrected chi connectivity index (χ1v) is 23.3. The van der Waals surface area contributed by atoms with Crippen molar-refractivity contribution in [2.24, 2.45) is 11.8 Å². The first kappa shape index (κ1) is 46.9. The summed E-state index contributed by atoms with van der Waals surface area (Å²) in [7, 11) is -1.27. The molecule has 3 aliphatic rings. The third-order valence-electron chi connectivity index (χ3n) is 13.9. The molecule has 0 unspecified atom stereocenters. The van der Waals surface area contributed by atoms with Gasteiger partial charge < -0.3 is 37.1 Å². The average Bonchev–Trinajstić information content (AvgIpc) is 3.85. The monoisotopic (exact) mass is 904 g/mol. The van der Waals surface area contributed by atoms with Gasteiger partial charge >= 0.3 is 21.1 Å². The molecule has 5 heterocycles. The fourth-order valence-electron chi connectivity index (χ4n) is 8.35. The second kappa shape index (κ2) is 16.7. The molecule has 330 valence electrons. The van der Waals surface area contributed by atoms with Crippen molar-refractivity contribution in [3.05, 3.63) is 89.4 Å². The van der Waals surface area contributed by atoms with E-state index in [-0.39, 0.29) is 40.7 Å². The molecule has 4 aromatic carbocycles. The molecule has 9 rings (SSSR count). The van der Waals surface area contributed by atoms with Crippen LogP contribution < -0.4 is 5.46 Å². The quantitative estimate of drug-likeness (QED) is 0.155. The lowest BCUT2D eigenvalue weighted by Crippen LogP contribution is -2.41. The Morgan fingerprint density at radius 2 is 0.774 bits per heavy atom. The zero-order chi connectivity index (χ0) is 45.4. The summed E-state index contributed by atoms with van der Waals surface area (Å²) in [5.74, 6) is 1.24. The van der Waals surface area contributed by atoms with Gasteiger partial charge in [0.25, 0.3) is 0 Å². The van der Waals surface area contributed by atoms with Gasteiger partial charge in [0, 0.05) is 61.2 Å². The zero-order valence-corrected chi connectivity index (χ0v) is 41.7. The second-order valence-corrected chi connectivity index (χ2v) is 22.2. The lowest BCUT2D eigenvalue weighted by Gasteiger charge is -2.32. The summed E-state index contributed by atoms with van der Waals surface area (Å²) in [4.78, 5) is 0. The predicted molar refractivity (Wildman–Crippen MR) is 264 cm³/mol. The van der Waals surface area contributed by atoms with Gasteiger partial charge in [0.05, 0.1) is 33.6 Å². The van der Waals surface area contributed by atoms with Crippen LogP contribution in [-0.2, 0) is 41.0 Å². The van der Waals surface area contributed by atoms with Crippen LogP contribution in [0.2, 0.25) is 0 Å². The number of halogens is 1. The zero-order valence-electron chi connectivity index (χ0n) is 40.1. The van der Waals surface area contributed by atoms with E-state index in [0.29, 0.717) is 11.8 Å². The van der Waals surface area contributed by atoms with Crippen LogP contribution in [0.3, 0.4) is 0 Å². The largest absolute Gasteiger partial charge is 0.494 e. The Hall–Kier alpha value is -3.09. The van der Waals surface area contributed by atoms with Crippen LogP contribution in [0.15, 0.2) is 89.4 Å². The molecular weight excluding hydrogens is 837 g/mol. The van der Waals surface area contributed by atoms with E-state index in [9.17, 15) is 0 Å². The minimum absolute atomic E-state index is 0.321. The predicted octanol–water partition coefficient (Wildman–Crippen LogP) is 12.2. The fourth-order valence-corrected chi connectivity index (χ4v) is 8.71. The van der Waals surface area contributed by atoms with Crippen molar-refractivity contribution in [1.82, 2.24) is 9.13 Å². The Labute approximate surface area is 380 Å². The molecule has 0 radical (unpaired) electrons.